The lowest BCUT2D eigenvalue weighted by Gasteiger charge is -2.03. The average Bonchev–Trinajstić information content (AvgIpc) is 1.63. The van der Waals surface area contributed by atoms with Crippen LogP contribution in [0.5, 0.6) is 0 Å². The fraction of sp³-hybridized carbons (Fsp3) is 0.190. The number of carbonyl (C=O) groups excluding carboxylic acids is 6. The summed E-state index contributed by atoms with van der Waals surface area (Å²) in [6.07, 6.45) is 5.54. The molecule has 0 fully saturated rings. The molecule has 12 rings (SSSR count). The minimum atomic E-state index is -1.14. The van der Waals surface area contributed by atoms with Crippen molar-refractivity contribution in [3.8, 4) is 0 Å². The number of aryl methyl sites for hydroxylation is 4. The van der Waals surface area contributed by atoms with Crippen molar-refractivity contribution in [1.82, 2.24) is 89.1 Å². The van der Waals surface area contributed by atoms with Crippen molar-refractivity contribution < 1.29 is 33.5 Å². The van der Waals surface area contributed by atoms with Crippen LogP contribution < -0.4 is 28.7 Å². The molecule has 0 aliphatic carbocycles. The van der Waals surface area contributed by atoms with Crippen molar-refractivity contribution in [2.45, 2.75) is 75.0 Å². The van der Waals surface area contributed by atoms with Crippen LogP contribution in [0, 0.1) is 34.3 Å². The van der Waals surface area contributed by atoms with E-state index in [4.69, 9.17) is 76.0 Å². The highest BCUT2D eigenvalue weighted by Gasteiger charge is 2.22. The van der Waals surface area contributed by atoms with Gasteiger partial charge in [0.25, 0.3) is 22.9 Å². The molecule has 0 saturated heterocycles. The Balaban J connectivity index is 0.000000268. The van der Waals surface area contributed by atoms with Crippen LogP contribution in [-0.2, 0) is 14.3 Å². The second kappa shape index (κ2) is 45.9. The number of nitrogens with two attached hydrogens (primary N) is 4. The molecule has 1 atom stereocenters. The predicted octanol–water partition coefficient (Wildman–Crippen LogP) is 12.2. The number of hydrogen-bond acceptors (Lipinski definition) is 31. The van der Waals surface area contributed by atoms with E-state index in [1.54, 1.807) is 149 Å². The Morgan fingerprint density at radius 1 is 0.604 bits per heavy atom. The summed E-state index contributed by atoms with van der Waals surface area (Å²) in [6.45, 7) is 16.8. The van der Waals surface area contributed by atoms with E-state index < -0.39 is 16.9 Å². The third-order valence-corrected chi connectivity index (χ3v) is 19.2. The Hall–Kier alpha value is -9.34. The van der Waals surface area contributed by atoms with Crippen molar-refractivity contribution in [2.75, 3.05) is 37.3 Å². The van der Waals surface area contributed by atoms with Gasteiger partial charge >= 0.3 is 12.6 Å². The fourth-order valence-corrected chi connectivity index (χ4v) is 11.6. The molecule has 43 heteroatoms. The number of halogens is 5. The predicted molar refractivity (Wildman–Crippen MR) is 420 cm³/mol. The summed E-state index contributed by atoms with van der Waals surface area (Å²) < 4.78 is 9.36. The van der Waals surface area contributed by atoms with Gasteiger partial charge in [-0.15, -0.1) is 55.5 Å². The summed E-state index contributed by atoms with van der Waals surface area (Å²) in [4.78, 5) is 120. The number of anilines is 2. The van der Waals surface area contributed by atoms with Gasteiger partial charge in [0.15, 0.2) is 21.5 Å². The zero-order chi connectivity index (χ0) is 77.3. The smallest absolute Gasteiger partial charge is 0.331 e. The molecule has 556 valence electrons. The number of alkyl halides is 1. The van der Waals surface area contributed by atoms with Gasteiger partial charge in [0, 0.05) is 22.3 Å². The van der Waals surface area contributed by atoms with Gasteiger partial charge in [-0.25, -0.2) is 35.9 Å². The van der Waals surface area contributed by atoms with E-state index in [1.165, 1.54) is 16.0 Å². The van der Waals surface area contributed by atoms with Gasteiger partial charge in [0.2, 0.25) is 47.8 Å². The maximum Gasteiger partial charge on any atom is 0.331 e. The second-order valence-electron chi connectivity index (χ2n) is 19.4. The standard InChI is InChI=1S/C13H8Cl2N4OS.C13H9ClN4O2S.C13H9ClN4OS.C9H8N4OS.C6H9ClO3.C5H8N2S2.C3H6N4.CH4.H4N2/c1-7-9(14)10(15)19-12(16-7)17-13(18-19)21-11(20)8-5-3-2-4-6-8;1-7-9(14)10(19)18-12(15-7)16-13(17-18)21-11(20)8-5-3-2-4-6-8;1-8-10(14)7-18-12(15-8)16-13(17-18)20-11(19)9-5-3-2-4-6-9;10-8-11-9(13-12-8)15-7(14)6-4-2-1-3-5-6;1-3-10-6(9)5(7)4(2)8;1-6-4-7-5(8-2)9-3;1-2-5-3(4)7-6-2;;1-2/h2-6H,1H3;2-6H,1H3,(H,15,16,17);2-7H,1H3;1-5H,(H3,10,11,12,13);5H,3H2,1-2H3;4H2,2-3H3;1H3,(H3,4,5,6,7);1H4;1-2H2. The van der Waals surface area contributed by atoms with Gasteiger partial charge in [-0.3, -0.25) is 55.5 Å². The van der Waals surface area contributed by atoms with Crippen LogP contribution in [0.3, 0.4) is 0 Å². The van der Waals surface area contributed by atoms with Crippen LogP contribution in [0.2, 0.25) is 20.2 Å². The summed E-state index contributed by atoms with van der Waals surface area (Å²) in [5, 5.41) is 24.1. The van der Waals surface area contributed by atoms with Crippen molar-refractivity contribution in [2.24, 2.45) is 16.7 Å². The Bertz CT molecular complexity index is 4970. The van der Waals surface area contributed by atoms with Crippen molar-refractivity contribution in [3.05, 3.63) is 215 Å². The molecule has 12 aromatic rings. The molecule has 0 aliphatic rings. The molecular formula is C63H65Cl5N24O8S6. The Morgan fingerprint density at radius 3 is 1.50 bits per heavy atom. The zero-order valence-corrected chi connectivity index (χ0v) is 64.8. The molecule has 106 heavy (non-hydrogen) atoms. The number of fused-ring (bicyclic) bond motifs is 3. The Labute approximate surface area is 655 Å². The van der Waals surface area contributed by atoms with Crippen molar-refractivity contribution in [3.63, 3.8) is 0 Å². The molecule has 11 N–H and O–H groups in total. The van der Waals surface area contributed by atoms with Crippen LogP contribution in [0.15, 0.2) is 158 Å². The number of nitrogen functional groups attached to an aromatic ring is 2. The topological polar surface area (TPSA) is 465 Å². The molecule has 0 bridgehead atoms. The van der Waals surface area contributed by atoms with Gasteiger partial charge in [0.05, 0.1) is 39.9 Å². The van der Waals surface area contributed by atoms with Gasteiger partial charge in [0.1, 0.15) is 15.2 Å². The number of H-pyrrole nitrogens is 3. The summed E-state index contributed by atoms with van der Waals surface area (Å²) in [5.41, 5.74) is 14.0. The first kappa shape index (κ1) is 89.1. The lowest BCUT2D eigenvalue weighted by molar-refractivity contribution is -0.144. The van der Waals surface area contributed by atoms with Gasteiger partial charge < -0.3 is 16.2 Å². The van der Waals surface area contributed by atoms with E-state index in [2.05, 4.69) is 102 Å². The molecule has 8 aromatic heterocycles. The number of hydrazine groups is 1. The molecule has 32 nitrogen and oxygen atoms in total. The number of aromatic nitrogens is 18. The monoisotopic (exact) mass is 1650 g/mol. The third kappa shape index (κ3) is 28.2. The molecule has 0 spiro atoms. The van der Waals surface area contributed by atoms with E-state index in [9.17, 15) is 33.6 Å². The van der Waals surface area contributed by atoms with Crippen LogP contribution in [0.4, 0.5) is 11.9 Å². The second-order valence-corrected chi connectivity index (χ2v) is 27.0. The number of ketones is 1. The van der Waals surface area contributed by atoms with E-state index in [-0.39, 0.29) is 79.2 Å². The number of thioether (sulfide) groups is 6. The highest BCUT2D eigenvalue weighted by molar-refractivity contribution is 8.38. The van der Waals surface area contributed by atoms with Crippen molar-refractivity contribution in [1.29, 1.82) is 0 Å². The molecular weight excluding hydrogens is 1590 g/mol. The SMILES string of the molecule is C.CCOC(=O)C(Cl)C(C)=O.Cc1nc(N)n[nH]1.Cc1nc2nc(SC(=O)c3ccccc3)[nH]n2c(=O)c1Cl.Cc1nc2nc(SC(=O)c3ccccc3)nn2c(Cl)c1Cl.Cc1nc2nc(SC(=O)c3ccccc3)nn2cc1Cl.NN.Nc1nc(SC(=O)c2ccccc2)n[nH]1.[C-]#[N+]CN=C(SC)SC. The fourth-order valence-electron chi connectivity index (χ4n) is 7.13. The number of ether oxygens (including phenoxy) is 1. The van der Waals surface area contributed by atoms with Crippen LogP contribution in [0.1, 0.15) is 85.6 Å². The zero-order valence-electron chi connectivity index (χ0n) is 56.1. The summed E-state index contributed by atoms with van der Waals surface area (Å²) >= 11 is 36.1. The molecule has 8 heterocycles. The number of benzene rings is 4. The number of carbonyl (C=O) groups is 6. The first-order valence-electron chi connectivity index (χ1n) is 29.4. The number of rotatable bonds is 12. The first-order valence-corrected chi connectivity index (χ1v) is 37.0. The van der Waals surface area contributed by atoms with Crippen molar-refractivity contribution >= 4 is 194 Å². The molecule has 0 radical (unpaired) electrons. The van der Waals surface area contributed by atoms with Gasteiger partial charge in [-0.05, 0) is 101 Å². The minimum Gasteiger partial charge on any atom is -0.465 e. The summed E-state index contributed by atoms with van der Waals surface area (Å²) in [5.74, 6) is 9.12. The normalized spacial score (nSPS) is 10.4. The van der Waals surface area contributed by atoms with E-state index in [0.717, 1.165) is 61.8 Å². The maximum absolute atomic E-state index is 12.1. The van der Waals surface area contributed by atoms with E-state index in [0.29, 0.717) is 77.2 Å². The number of Topliss-reactive ketones (excluding diaryl/α,β-unsaturated/α-hetero) is 1. The lowest BCUT2D eigenvalue weighted by atomic mass is 10.2. The number of hydrogen-bond donors (Lipinski definition) is 7. The number of esters is 1. The largest absolute Gasteiger partial charge is 0.465 e. The number of nitrogens with one attached hydrogen (secondary N) is 3. The maximum atomic E-state index is 12.1. The van der Waals surface area contributed by atoms with E-state index >= 15 is 0 Å². The Morgan fingerprint density at radius 2 is 1.07 bits per heavy atom. The summed E-state index contributed by atoms with van der Waals surface area (Å²) in [6, 6.07) is 35.7. The van der Waals surface area contributed by atoms with Crippen LogP contribution >= 0.6 is 129 Å². The molecule has 0 amide bonds. The Kier molecular flexibility index (Phi) is 38.6. The number of aromatic amines is 3. The molecule has 0 aliphatic heterocycles. The van der Waals surface area contributed by atoms with Gasteiger partial charge in [-0.1, -0.05) is 175 Å². The highest BCUT2D eigenvalue weighted by Crippen LogP contribution is 2.28. The van der Waals surface area contributed by atoms with Crippen LogP contribution in [0.25, 0.3) is 22.2 Å². The first-order chi connectivity index (χ1) is 50.2. The lowest BCUT2D eigenvalue weighted by Crippen LogP contribution is -2.24. The summed E-state index contributed by atoms with van der Waals surface area (Å²) in [7, 11) is 0. The molecule has 0 saturated carbocycles. The molecule has 4 aromatic carbocycles. The molecule has 1 unspecified atom stereocenters. The number of aliphatic imine (C=N–C) groups is 1. The number of nitrogens with zero attached hydrogens (tertiary/aromatic N) is 17. The third-order valence-electron chi connectivity index (χ3n) is 11.9. The van der Waals surface area contributed by atoms with Gasteiger partial charge in [-0.2, -0.15) is 38.9 Å². The average molecular weight is 1660 g/mol. The quantitative estimate of drug-likeness (QED) is 0.00570. The van der Waals surface area contributed by atoms with Crippen LogP contribution in [-0.4, -0.2) is 157 Å². The highest BCUT2D eigenvalue weighted by atomic mass is 35.5. The van der Waals surface area contributed by atoms with E-state index in [1.807, 2.05) is 48.9 Å². The minimum absolute atomic E-state index is 0.